The van der Waals surface area contributed by atoms with Crippen molar-refractivity contribution in [1.29, 1.82) is 0 Å². The Hall–Kier alpha value is -2.00. The smallest absolute Gasteiger partial charge is 0.206 e. The van der Waals surface area contributed by atoms with Crippen molar-refractivity contribution in [3.8, 4) is 0 Å². The zero-order valence-corrected chi connectivity index (χ0v) is 11.2. The van der Waals surface area contributed by atoms with Gasteiger partial charge in [0, 0.05) is 4.90 Å². The molecule has 0 spiro atoms. The number of hydrogen-bond donors (Lipinski definition) is 0. The minimum absolute atomic E-state index is 0.0354. The van der Waals surface area contributed by atoms with Gasteiger partial charge in [-0.1, -0.05) is 42.1 Å². The number of para-hydroxylation sites is 1. The maximum atomic E-state index is 12.5. The molecule has 0 fully saturated rings. The van der Waals surface area contributed by atoms with Gasteiger partial charge in [0.05, 0.1) is 10.3 Å². The normalized spacial score (nSPS) is 10.8. The fourth-order valence-corrected chi connectivity index (χ4v) is 2.88. The first-order chi connectivity index (χ1) is 9.25. The minimum Gasteiger partial charge on any atom is -0.460 e. The first-order valence-electron chi connectivity index (χ1n) is 6.01. The first kappa shape index (κ1) is 12.1. The Balaban J connectivity index is 2.16. The van der Waals surface area contributed by atoms with E-state index in [0.29, 0.717) is 21.6 Å². The lowest BCUT2D eigenvalue weighted by atomic mass is 10.2. The van der Waals surface area contributed by atoms with Crippen LogP contribution < -0.4 is 5.43 Å². The summed E-state index contributed by atoms with van der Waals surface area (Å²) >= 11 is 1.45. The fourth-order valence-electron chi connectivity index (χ4n) is 1.96. The molecule has 0 saturated heterocycles. The standard InChI is InChI=1S/C16H12O2S/c1-11-16(19-12-7-3-2-4-8-12)15(17)13-9-5-6-10-14(13)18-11/h2-10H,1H3. The molecular formula is C16H12O2S. The van der Waals surface area contributed by atoms with E-state index >= 15 is 0 Å². The van der Waals surface area contributed by atoms with Gasteiger partial charge in [-0.05, 0) is 31.2 Å². The third-order valence-electron chi connectivity index (χ3n) is 2.88. The van der Waals surface area contributed by atoms with Crippen LogP contribution in [0.25, 0.3) is 11.0 Å². The van der Waals surface area contributed by atoms with Crippen molar-refractivity contribution >= 4 is 22.7 Å². The molecule has 0 radical (unpaired) electrons. The third-order valence-corrected chi connectivity index (χ3v) is 4.07. The summed E-state index contributed by atoms with van der Waals surface area (Å²) in [7, 11) is 0. The van der Waals surface area contributed by atoms with Gasteiger partial charge in [0.2, 0.25) is 5.43 Å². The number of aryl methyl sites for hydroxylation is 1. The Kier molecular flexibility index (Phi) is 3.13. The largest absolute Gasteiger partial charge is 0.460 e. The Morgan fingerprint density at radius 2 is 1.63 bits per heavy atom. The van der Waals surface area contributed by atoms with Crippen molar-refractivity contribution < 1.29 is 4.42 Å². The van der Waals surface area contributed by atoms with Crippen LogP contribution in [0.4, 0.5) is 0 Å². The van der Waals surface area contributed by atoms with Crippen LogP contribution in [0.2, 0.25) is 0 Å². The van der Waals surface area contributed by atoms with Crippen LogP contribution in [-0.4, -0.2) is 0 Å². The molecule has 3 rings (SSSR count). The summed E-state index contributed by atoms with van der Waals surface area (Å²) in [4.78, 5) is 14.2. The number of hydrogen-bond acceptors (Lipinski definition) is 3. The van der Waals surface area contributed by atoms with Crippen LogP contribution in [-0.2, 0) is 0 Å². The third kappa shape index (κ3) is 2.29. The number of benzene rings is 2. The van der Waals surface area contributed by atoms with Crippen molar-refractivity contribution in [2.24, 2.45) is 0 Å². The summed E-state index contributed by atoms with van der Waals surface area (Å²) < 4.78 is 5.72. The van der Waals surface area contributed by atoms with E-state index in [-0.39, 0.29) is 5.43 Å². The topological polar surface area (TPSA) is 30.2 Å². The molecule has 3 heteroatoms. The zero-order chi connectivity index (χ0) is 13.2. The molecule has 0 atom stereocenters. The molecule has 0 unspecified atom stereocenters. The van der Waals surface area contributed by atoms with Crippen molar-refractivity contribution in [1.82, 2.24) is 0 Å². The van der Waals surface area contributed by atoms with E-state index in [0.717, 1.165) is 4.90 Å². The van der Waals surface area contributed by atoms with Crippen molar-refractivity contribution in [2.45, 2.75) is 16.7 Å². The van der Waals surface area contributed by atoms with E-state index in [1.165, 1.54) is 11.8 Å². The predicted octanol–water partition coefficient (Wildman–Crippen LogP) is 4.25. The molecule has 3 aromatic rings. The molecule has 1 aromatic heterocycles. The summed E-state index contributed by atoms with van der Waals surface area (Å²) in [6, 6.07) is 17.2. The highest BCUT2D eigenvalue weighted by atomic mass is 32.2. The van der Waals surface area contributed by atoms with Crippen LogP contribution >= 0.6 is 11.8 Å². The average Bonchev–Trinajstić information content (AvgIpc) is 2.45. The van der Waals surface area contributed by atoms with Crippen molar-refractivity contribution in [2.75, 3.05) is 0 Å². The Labute approximate surface area is 115 Å². The minimum atomic E-state index is 0.0354. The first-order valence-corrected chi connectivity index (χ1v) is 6.83. The van der Waals surface area contributed by atoms with E-state index in [2.05, 4.69) is 0 Å². The van der Waals surface area contributed by atoms with Gasteiger partial charge in [0.25, 0.3) is 0 Å². The van der Waals surface area contributed by atoms with Crippen molar-refractivity contribution in [3.63, 3.8) is 0 Å². The van der Waals surface area contributed by atoms with Gasteiger partial charge in [-0.3, -0.25) is 4.79 Å². The zero-order valence-electron chi connectivity index (χ0n) is 10.4. The van der Waals surface area contributed by atoms with Gasteiger partial charge in [0.1, 0.15) is 11.3 Å². The van der Waals surface area contributed by atoms with E-state index in [9.17, 15) is 4.79 Å². The molecule has 1 heterocycles. The Bertz CT molecular complexity index is 776. The lowest BCUT2D eigenvalue weighted by Crippen LogP contribution is -2.06. The second-order valence-electron chi connectivity index (χ2n) is 4.23. The predicted molar refractivity (Wildman–Crippen MR) is 77.8 cm³/mol. The Morgan fingerprint density at radius 1 is 0.947 bits per heavy atom. The average molecular weight is 268 g/mol. The van der Waals surface area contributed by atoms with E-state index < -0.39 is 0 Å². The second kappa shape index (κ2) is 4.94. The summed E-state index contributed by atoms with van der Waals surface area (Å²) in [6.07, 6.45) is 0. The van der Waals surface area contributed by atoms with E-state index in [1.54, 1.807) is 6.07 Å². The van der Waals surface area contributed by atoms with Gasteiger partial charge in [0.15, 0.2) is 0 Å². The summed E-state index contributed by atoms with van der Waals surface area (Å²) in [5.41, 5.74) is 0.676. The number of fused-ring (bicyclic) bond motifs is 1. The molecule has 0 aliphatic carbocycles. The van der Waals surface area contributed by atoms with Gasteiger partial charge in [-0.25, -0.2) is 0 Å². The lowest BCUT2D eigenvalue weighted by molar-refractivity contribution is 0.547. The van der Waals surface area contributed by atoms with Crippen LogP contribution in [0.15, 0.2) is 73.6 Å². The molecule has 0 N–H and O–H groups in total. The Morgan fingerprint density at radius 3 is 2.42 bits per heavy atom. The maximum absolute atomic E-state index is 12.5. The molecule has 2 aromatic carbocycles. The van der Waals surface area contributed by atoms with Gasteiger partial charge >= 0.3 is 0 Å². The quantitative estimate of drug-likeness (QED) is 0.696. The van der Waals surface area contributed by atoms with Crippen LogP contribution in [0.5, 0.6) is 0 Å². The van der Waals surface area contributed by atoms with E-state index in [4.69, 9.17) is 4.42 Å². The molecule has 0 aliphatic heterocycles. The molecule has 0 aliphatic rings. The number of rotatable bonds is 2. The van der Waals surface area contributed by atoms with Crippen molar-refractivity contribution in [3.05, 3.63) is 70.6 Å². The van der Waals surface area contributed by atoms with E-state index in [1.807, 2.05) is 55.5 Å². The monoisotopic (exact) mass is 268 g/mol. The molecule has 0 bridgehead atoms. The molecule has 94 valence electrons. The summed E-state index contributed by atoms with van der Waals surface area (Å²) in [6.45, 7) is 1.83. The molecule has 2 nitrogen and oxygen atoms in total. The van der Waals surface area contributed by atoms with Gasteiger partial charge in [-0.2, -0.15) is 0 Å². The summed E-state index contributed by atoms with van der Waals surface area (Å²) in [5.74, 6) is 0.664. The maximum Gasteiger partial charge on any atom is 0.206 e. The SMILES string of the molecule is Cc1oc2ccccc2c(=O)c1Sc1ccccc1. The molecule has 0 amide bonds. The summed E-state index contributed by atoms with van der Waals surface area (Å²) in [5, 5.41) is 0.631. The molecular weight excluding hydrogens is 256 g/mol. The highest BCUT2D eigenvalue weighted by Gasteiger charge is 2.12. The van der Waals surface area contributed by atoms with Crippen LogP contribution in [0.1, 0.15) is 5.76 Å². The highest BCUT2D eigenvalue weighted by Crippen LogP contribution is 2.29. The highest BCUT2D eigenvalue weighted by molar-refractivity contribution is 7.99. The second-order valence-corrected chi connectivity index (χ2v) is 5.31. The van der Waals surface area contributed by atoms with Gasteiger partial charge in [-0.15, -0.1) is 0 Å². The van der Waals surface area contributed by atoms with Crippen LogP contribution in [0.3, 0.4) is 0 Å². The lowest BCUT2D eigenvalue weighted by Gasteiger charge is -2.06. The van der Waals surface area contributed by atoms with Gasteiger partial charge < -0.3 is 4.42 Å². The molecule has 0 saturated carbocycles. The van der Waals surface area contributed by atoms with Crippen LogP contribution in [0, 0.1) is 6.92 Å². The fraction of sp³-hybridized carbons (Fsp3) is 0.0625. The molecule has 19 heavy (non-hydrogen) atoms.